The van der Waals surface area contributed by atoms with Crippen LogP contribution >= 0.6 is 0 Å². The lowest BCUT2D eigenvalue weighted by molar-refractivity contribution is -0.148. The van der Waals surface area contributed by atoms with Gasteiger partial charge in [0.05, 0.1) is 18.7 Å². The van der Waals surface area contributed by atoms with Gasteiger partial charge in [0.2, 0.25) is 5.91 Å². The smallest absolute Gasteiger partial charge is 0.227 e. The molecule has 5 heteroatoms. The highest BCUT2D eigenvalue weighted by Crippen LogP contribution is 2.44. The molecule has 4 rings (SSSR count). The average molecular weight is 357 g/mol. The van der Waals surface area contributed by atoms with Crippen LogP contribution in [0, 0.1) is 29.1 Å². The predicted octanol–water partition coefficient (Wildman–Crippen LogP) is 2.07. The fraction of sp³-hybridized carbons (Fsp3) is 0.318. The molecule has 1 amide bonds. The highest BCUT2D eigenvalue weighted by Gasteiger charge is 2.53. The molecule has 2 aromatic rings. The normalized spacial score (nSPS) is 23.6. The van der Waals surface area contributed by atoms with Crippen LogP contribution in [-0.4, -0.2) is 39.6 Å². The van der Waals surface area contributed by atoms with Gasteiger partial charge in [0.1, 0.15) is 6.04 Å². The number of rotatable bonds is 3. The Bertz CT molecular complexity index is 934. The predicted molar refractivity (Wildman–Crippen MR) is 99.2 cm³/mol. The van der Waals surface area contributed by atoms with E-state index < -0.39 is 6.04 Å². The summed E-state index contributed by atoms with van der Waals surface area (Å²) in [6.07, 6.45) is 5.20. The quantitative estimate of drug-likeness (QED) is 0.853. The van der Waals surface area contributed by atoms with Gasteiger partial charge in [-0.2, -0.15) is 5.26 Å². The van der Waals surface area contributed by atoms with Crippen molar-refractivity contribution in [2.24, 2.45) is 5.92 Å². The number of carbonyl (C=O) groups is 1. The first kappa shape index (κ1) is 17.3. The Balaban J connectivity index is 1.52. The largest absolute Gasteiger partial charge is 0.394 e. The van der Waals surface area contributed by atoms with Crippen LogP contribution in [0.15, 0.2) is 48.8 Å². The number of aromatic nitrogens is 1. The minimum Gasteiger partial charge on any atom is -0.394 e. The Morgan fingerprint density at radius 3 is 2.52 bits per heavy atom. The lowest BCUT2D eigenvalue weighted by atomic mass is 9.75. The summed E-state index contributed by atoms with van der Waals surface area (Å²) < 4.78 is 0. The van der Waals surface area contributed by atoms with E-state index in [0.29, 0.717) is 0 Å². The molecule has 1 saturated carbocycles. The van der Waals surface area contributed by atoms with E-state index in [1.165, 1.54) is 0 Å². The zero-order valence-corrected chi connectivity index (χ0v) is 14.7. The molecule has 2 heterocycles. The first-order valence-electron chi connectivity index (χ1n) is 9.07. The van der Waals surface area contributed by atoms with Crippen molar-refractivity contribution in [1.82, 2.24) is 9.88 Å². The number of likely N-dealkylation sites (tertiary alicyclic amines) is 1. The number of nitrogens with zero attached hydrogens (tertiary/aromatic N) is 3. The molecule has 1 aromatic heterocycles. The molecule has 27 heavy (non-hydrogen) atoms. The van der Waals surface area contributed by atoms with E-state index in [0.717, 1.165) is 29.5 Å². The Labute approximate surface area is 158 Å². The first-order valence-corrected chi connectivity index (χ1v) is 9.07. The number of aliphatic hydroxyl groups excluding tert-OH is 1. The summed E-state index contributed by atoms with van der Waals surface area (Å²) >= 11 is 0. The van der Waals surface area contributed by atoms with Crippen LogP contribution in [0.1, 0.15) is 35.4 Å². The number of carbonyl (C=O) groups excluding carboxylic acids is 1. The van der Waals surface area contributed by atoms with Crippen molar-refractivity contribution in [2.75, 3.05) is 6.61 Å². The lowest BCUT2D eigenvalue weighted by Gasteiger charge is -2.51. The third-order valence-electron chi connectivity index (χ3n) is 5.22. The molecule has 2 fully saturated rings. The zero-order valence-electron chi connectivity index (χ0n) is 14.7. The maximum Gasteiger partial charge on any atom is 0.227 e. The van der Waals surface area contributed by atoms with Crippen LogP contribution in [0.5, 0.6) is 0 Å². The van der Waals surface area contributed by atoms with E-state index in [2.05, 4.69) is 22.9 Å². The maximum absolute atomic E-state index is 12.4. The molecular weight excluding hydrogens is 338 g/mol. The second kappa shape index (κ2) is 7.23. The van der Waals surface area contributed by atoms with E-state index in [4.69, 9.17) is 0 Å². The SMILES string of the molecule is N#C[C@H]1[C@@H](c2ccc(C#Cc3cccnc3)cc2)[C@@H](CO)N1C(=O)C1CC1. The molecule has 0 unspecified atom stereocenters. The zero-order chi connectivity index (χ0) is 18.8. The number of hydrogen-bond acceptors (Lipinski definition) is 4. The molecule has 1 N–H and O–H groups in total. The van der Waals surface area contributed by atoms with Crippen LogP contribution in [-0.2, 0) is 4.79 Å². The standard InChI is InChI=1S/C22H19N3O2/c23-12-19-21(20(14-26)25(19)22(27)18-9-10-18)17-7-5-15(6-8-17)3-4-16-2-1-11-24-13-16/h1-2,5-8,11,13,18-21,26H,9-10,14H2/t19-,20+,21+/m0/s1. The number of benzene rings is 1. The summed E-state index contributed by atoms with van der Waals surface area (Å²) in [6, 6.07) is 12.8. The first-order chi connectivity index (χ1) is 13.2. The van der Waals surface area contributed by atoms with Crippen LogP contribution < -0.4 is 0 Å². The van der Waals surface area contributed by atoms with Crippen LogP contribution in [0.3, 0.4) is 0 Å². The highest BCUT2D eigenvalue weighted by atomic mass is 16.3. The fourth-order valence-electron chi connectivity index (χ4n) is 3.62. The lowest BCUT2D eigenvalue weighted by Crippen LogP contribution is -2.65. The van der Waals surface area contributed by atoms with E-state index in [1.54, 1.807) is 17.3 Å². The van der Waals surface area contributed by atoms with Crippen molar-refractivity contribution in [3.05, 3.63) is 65.5 Å². The van der Waals surface area contributed by atoms with E-state index in [1.807, 2.05) is 36.4 Å². The van der Waals surface area contributed by atoms with Crippen molar-refractivity contribution < 1.29 is 9.90 Å². The topological polar surface area (TPSA) is 77.2 Å². The number of hydrogen-bond donors (Lipinski definition) is 1. The van der Waals surface area contributed by atoms with Crippen LogP contribution in [0.4, 0.5) is 0 Å². The van der Waals surface area contributed by atoms with Gasteiger partial charge in [0.15, 0.2) is 0 Å². The molecule has 1 aliphatic heterocycles. The van der Waals surface area contributed by atoms with Gasteiger partial charge in [-0.05, 0) is 42.7 Å². The van der Waals surface area contributed by atoms with Gasteiger partial charge >= 0.3 is 0 Å². The third-order valence-corrected chi connectivity index (χ3v) is 5.22. The summed E-state index contributed by atoms with van der Waals surface area (Å²) in [5.74, 6) is 6.04. The van der Waals surface area contributed by atoms with Gasteiger partial charge in [-0.3, -0.25) is 9.78 Å². The molecule has 0 radical (unpaired) electrons. The van der Waals surface area contributed by atoms with Gasteiger partial charge in [-0.15, -0.1) is 0 Å². The number of pyridine rings is 1. The van der Waals surface area contributed by atoms with Crippen molar-refractivity contribution in [2.45, 2.75) is 30.8 Å². The number of aliphatic hydroxyl groups is 1. The molecule has 1 saturated heterocycles. The summed E-state index contributed by atoms with van der Waals surface area (Å²) in [7, 11) is 0. The van der Waals surface area contributed by atoms with Gasteiger partial charge < -0.3 is 10.0 Å². The van der Waals surface area contributed by atoms with E-state index in [-0.39, 0.29) is 30.4 Å². The summed E-state index contributed by atoms with van der Waals surface area (Å²) in [4.78, 5) is 18.0. The van der Waals surface area contributed by atoms with Gasteiger partial charge in [-0.1, -0.05) is 24.0 Å². The van der Waals surface area contributed by atoms with Gasteiger partial charge in [-0.25, -0.2) is 0 Å². The number of amides is 1. The average Bonchev–Trinajstić information content (AvgIpc) is 3.53. The summed E-state index contributed by atoms with van der Waals surface area (Å²) in [5, 5.41) is 19.3. The maximum atomic E-state index is 12.4. The van der Waals surface area contributed by atoms with E-state index in [9.17, 15) is 15.2 Å². The van der Waals surface area contributed by atoms with Crippen molar-refractivity contribution in [3.63, 3.8) is 0 Å². The third kappa shape index (κ3) is 3.30. The minimum absolute atomic E-state index is 0.0100. The van der Waals surface area contributed by atoms with Gasteiger partial charge in [0.25, 0.3) is 0 Å². The van der Waals surface area contributed by atoms with Crippen molar-refractivity contribution >= 4 is 5.91 Å². The minimum atomic E-state index is -0.512. The molecular formula is C22H19N3O2. The Morgan fingerprint density at radius 2 is 1.93 bits per heavy atom. The second-order valence-corrected chi connectivity index (χ2v) is 6.98. The second-order valence-electron chi connectivity index (χ2n) is 6.98. The van der Waals surface area contributed by atoms with Crippen LogP contribution in [0.2, 0.25) is 0 Å². The van der Waals surface area contributed by atoms with Gasteiger partial charge in [0, 0.05) is 35.4 Å². The molecule has 134 valence electrons. The number of nitriles is 1. The molecule has 2 aliphatic rings. The molecule has 0 spiro atoms. The molecule has 0 bridgehead atoms. The monoisotopic (exact) mass is 357 g/mol. The van der Waals surface area contributed by atoms with Crippen molar-refractivity contribution in [3.8, 4) is 17.9 Å². The van der Waals surface area contributed by atoms with Crippen LogP contribution in [0.25, 0.3) is 0 Å². The molecule has 1 aliphatic carbocycles. The summed E-state index contributed by atoms with van der Waals surface area (Å²) in [6.45, 7) is -0.135. The Hall–Kier alpha value is -3.15. The van der Waals surface area contributed by atoms with E-state index >= 15 is 0 Å². The molecule has 3 atom stereocenters. The fourth-order valence-corrected chi connectivity index (χ4v) is 3.62. The Morgan fingerprint density at radius 1 is 1.19 bits per heavy atom. The van der Waals surface area contributed by atoms with Crippen molar-refractivity contribution in [1.29, 1.82) is 5.26 Å². The molecule has 5 nitrogen and oxygen atoms in total. The molecule has 1 aromatic carbocycles. The summed E-state index contributed by atoms with van der Waals surface area (Å²) in [5.41, 5.74) is 2.66. The highest BCUT2D eigenvalue weighted by molar-refractivity contribution is 5.83. The Kier molecular flexibility index (Phi) is 4.62.